The van der Waals surface area contributed by atoms with Crippen LogP contribution in [0.4, 0.5) is 0 Å². The van der Waals surface area contributed by atoms with E-state index in [1.165, 1.54) is 0 Å². The number of ether oxygens (including phenoxy) is 2. The highest BCUT2D eigenvalue weighted by molar-refractivity contribution is 6.83. The Morgan fingerprint density at radius 1 is 1.39 bits per heavy atom. The predicted octanol–water partition coefficient (Wildman–Crippen LogP) is 3.60. The van der Waals surface area contributed by atoms with Crippen LogP contribution in [-0.2, 0) is 9.47 Å². The monoisotopic (exact) mass is 266 g/mol. The largest absolute Gasteiger partial charge is 0.350 e. The van der Waals surface area contributed by atoms with Gasteiger partial charge in [0.15, 0.2) is 5.79 Å². The summed E-state index contributed by atoms with van der Waals surface area (Å²) in [5, 5.41) is 0. The van der Waals surface area contributed by atoms with Gasteiger partial charge in [0.25, 0.3) is 0 Å². The molecule has 0 radical (unpaired) electrons. The lowest BCUT2D eigenvalue weighted by Gasteiger charge is -2.28. The van der Waals surface area contributed by atoms with Crippen molar-refractivity contribution in [3.8, 4) is 11.5 Å². The molecule has 1 unspecified atom stereocenters. The van der Waals surface area contributed by atoms with E-state index in [0.29, 0.717) is 5.92 Å². The first-order valence-electron chi connectivity index (χ1n) is 6.68. The molecule has 1 aliphatic heterocycles. The third-order valence-corrected chi connectivity index (χ3v) is 3.81. The lowest BCUT2D eigenvalue weighted by atomic mass is 9.97. The van der Waals surface area contributed by atoms with E-state index >= 15 is 0 Å². The minimum atomic E-state index is -1.30. The fourth-order valence-electron chi connectivity index (χ4n) is 1.99. The summed E-state index contributed by atoms with van der Waals surface area (Å²) in [6.45, 7) is 15.3. The molecule has 1 heterocycles. The Bertz CT molecular complexity index is 344. The summed E-state index contributed by atoms with van der Waals surface area (Å²) in [6.07, 6.45) is 3.81. The van der Waals surface area contributed by atoms with E-state index < -0.39 is 13.9 Å². The minimum absolute atomic E-state index is 0.101. The summed E-state index contributed by atoms with van der Waals surface area (Å²) in [6, 6.07) is 0. The van der Waals surface area contributed by atoms with Crippen LogP contribution in [0.25, 0.3) is 0 Å². The second-order valence-corrected chi connectivity index (χ2v) is 11.1. The van der Waals surface area contributed by atoms with Crippen LogP contribution < -0.4 is 0 Å². The summed E-state index contributed by atoms with van der Waals surface area (Å²) in [5.74, 6) is 3.13. The predicted molar refractivity (Wildman–Crippen MR) is 78.9 cm³/mol. The molecule has 0 aliphatic carbocycles. The van der Waals surface area contributed by atoms with Crippen molar-refractivity contribution in [1.29, 1.82) is 0 Å². The van der Waals surface area contributed by atoms with Crippen LogP contribution in [0.3, 0.4) is 0 Å². The molecule has 18 heavy (non-hydrogen) atoms. The van der Waals surface area contributed by atoms with Crippen molar-refractivity contribution in [3.05, 3.63) is 12.7 Å². The Balaban J connectivity index is 2.73. The summed E-state index contributed by atoms with van der Waals surface area (Å²) in [7, 11) is -1.30. The van der Waals surface area contributed by atoms with Crippen molar-refractivity contribution in [2.24, 2.45) is 5.92 Å². The lowest BCUT2D eigenvalue weighted by Crippen LogP contribution is -2.33. The van der Waals surface area contributed by atoms with Crippen LogP contribution in [0.15, 0.2) is 12.7 Å². The third-order valence-electron chi connectivity index (χ3n) is 2.88. The zero-order chi connectivity index (χ0) is 13.8. The van der Waals surface area contributed by atoms with Crippen LogP contribution in [0.1, 0.15) is 26.7 Å². The first-order chi connectivity index (χ1) is 8.23. The maximum atomic E-state index is 6.04. The van der Waals surface area contributed by atoms with Gasteiger partial charge in [0.2, 0.25) is 0 Å². The molecule has 1 rings (SSSR count). The molecular weight excluding hydrogens is 240 g/mol. The van der Waals surface area contributed by atoms with E-state index in [-0.39, 0.29) is 6.10 Å². The average molecular weight is 266 g/mol. The Labute approximate surface area is 113 Å². The second kappa shape index (κ2) is 6.05. The fraction of sp³-hybridized carbons (Fsp3) is 0.733. The van der Waals surface area contributed by atoms with Crippen molar-refractivity contribution in [2.45, 2.75) is 58.2 Å². The number of rotatable bonds is 2. The summed E-state index contributed by atoms with van der Waals surface area (Å²) in [5.41, 5.74) is 3.40. The highest BCUT2D eigenvalue weighted by Crippen LogP contribution is 2.28. The SMILES string of the molecule is C=C[C@H]1CCOC(C)(C)OC1CC#C[Si](C)(C)C. The second-order valence-electron chi connectivity index (χ2n) is 6.35. The van der Waals surface area contributed by atoms with Crippen molar-refractivity contribution in [2.75, 3.05) is 6.61 Å². The van der Waals surface area contributed by atoms with E-state index in [1.54, 1.807) is 0 Å². The van der Waals surface area contributed by atoms with Gasteiger partial charge < -0.3 is 9.47 Å². The Morgan fingerprint density at radius 3 is 2.61 bits per heavy atom. The molecule has 0 saturated carbocycles. The molecule has 0 bridgehead atoms. The zero-order valence-corrected chi connectivity index (χ0v) is 13.4. The van der Waals surface area contributed by atoms with Crippen molar-refractivity contribution >= 4 is 8.07 Å². The summed E-state index contributed by atoms with van der Waals surface area (Å²) >= 11 is 0. The van der Waals surface area contributed by atoms with Gasteiger partial charge in [0.05, 0.1) is 12.7 Å². The van der Waals surface area contributed by atoms with Crippen molar-refractivity contribution in [1.82, 2.24) is 0 Å². The van der Waals surface area contributed by atoms with E-state index in [9.17, 15) is 0 Å². The molecule has 2 nitrogen and oxygen atoms in total. The fourth-order valence-corrected chi connectivity index (χ4v) is 2.62. The Kier molecular flexibility index (Phi) is 5.21. The molecule has 0 aromatic carbocycles. The van der Waals surface area contributed by atoms with Gasteiger partial charge in [-0.1, -0.05) is 25.7 Å². The molecular formula is C15H26O2Si. The van der Waals surface area contributed by atoms with Crippen molar-refractivity contribution in [3.63, 3.8) is 0 Å². The third kappa shape index (κ3) is 5.39. The van der Waals surface area contributed by atoms with Gasteiger partial charge in [-0.25, -0.2) is 0 Å². The Morgan fingerprint density at radius 2 is 2.06 bits per heavy atom. The van der Waals surface area contributed by atoms with E-state index in [4.69, 9.17) is 9.47 Å². The van der Waals surface area contributed by atoms with Gasteiger partial charge in [-0.15, -0.1) is 18.0 Å². The summed E-state index contributed by atoms with van der Waals surface area (Å²) in [4.78, 5) is 0. The smallest absolute Gasteiger partial charge is 0.163 e. The van der Waals surface area contributed by atoms with E-state index in [2.05, 4.69) is 37.7 Å². The van der Waals surface area contributed by atoms with E-state index in [1.807, 2.05) is 19.9 Å². The quantitative estimate of drug-likeness (QED) is 0.432. The average Bonchev–Trinajstić information content (AvgIpc) is 2.34. The summed E-state index contributed by atoms with van der Waals surface area (Å²) < 4.78 is 11.7. The van der Waals surface area contributed by atoms with Crippen molar-refractivity contribution < 1.29 is 9.47 Å². The normalized spacial score (nSPS) is 27.8. The molecule has 3 heteroatoms. The lowest BCUT2D eigenvalue weighted by molar-refractivity contribution is -0.223. The maximum absolute atomic E-state index is 6.04. The van der Waals surface area contributed by atoms with Gasteiger partial charge in [0, 0.05) is 12.3 Å². The molecule has 0 N–H and O–H groups in total. The Hall–Kier alpha value is -0.563. The zero-order valence-electron chi connectivity index (χ0n) is 12.4. The molecule has 0 aromatic heterocycles. The van der Waals surface area contributed by atoms with Crippen LogP contribution in [0.5, 0.6) is 0 Å². The molecule has 2 atom stereocenters. The molecule has 1 saturated heterocycles. The first kappa shape index (κ1) is 15.5. The van der Waals surface area contributed by atoms with Gasteiger partial charge >= 0.3 is 0 Å². The topological polar surface area (TPSA) is 18.5 Å². The maximum Gasteiger partial charge on any atom is 0.163 e. The van der Waals surface area contributed by atoms with Gasteiger partial charge in [-0.2, -0.15) is 0 Å². The highest BCUT2D eigenvalue weighted by Gasteiger charge is 2.31. The molecule has 1 aliphatic rings. The van der Waals surface area contributed by atoms with Gasteiger partial charge in [0.1, 0.15) is 8.07 Å². The van der Waals surface area contributed by atoms with E-state index in [0.717, 1.165) is 19.4 Å². The molecule has 0 amide bonds. The first-order valence-corrected chi connectivity index (χ1v) is 10.2. The molecule has 102 valence electrons. The number of hydrogen-bond donors (Lipinski definition) is 0. The minimum Gasteiger partial charge on any atom is -0.350 e. The van der Waals surface area contributed by atoms with Gasteiger partial charge in [-0.05, 0) is 20.3 Å². The van der Waals surface area contributed by atoms with Gasteiger partial charge in [-0.3, -0.25) is 0 Å². The van der Waals surface area contributed by atoms with Crippen LogP contribution in [0.2, 0.25) is 19.6 Å². The molecule has 0 spiro atoms. The highest BCUT2D eigenvalue weighted by atomic mass is 28.3. The number of hydrogen-bond acceptors (Lipinski definition) is 2. The van der Waals surface area contributed by atoms with Crippen LogP contribution >= 0.6 is 0 Å². The van der Waals surface area contributed by atoms with Crippen LogP contribution in [-0.4, -0.2) is 26.6 Å². The standard InChI is InChI=1S/C15H26O2Si/c1-7-13-10-11-16-15(2,3)17-14(13)9-8-12-18(4,5)6/h7,13-14H,1,9-11H2,2-6H3/t13-,14?/m0/s1. The molecule has 1 fully saturated rings. The molecule has 0 aromatic rings. The van der Waals surface area contributed by atoms with Crippen LogP contribution in [0, 0.1) is 17.4 Å².